The van der Waals surface area contributed by atoms with E-state index < -0.39 is 17.2 Å². The van der Waals surface area contributed by atoms with Gasteiger partial charge >= 0.3 is 12.2 Å². The van der Waals surface area contributed by atoms with Crippen molar-refractivity contribution in [2.24, 2.45) is 11.3 Å². The maximum absolute atomic E-state index is 14.4. The van der Waals surface area contributed by atoms with Crippen LogP contribution in [0, 0.1) is 18.3 Å². The number of rotatable bonds is 5. The standard InChI is InChI=1S/C26H33F3N6O4/c1-15-31-24(39-33-15)35-12-18-8-19(32-21-4-6-38-13-22(21)37-2)9-25(18,14-35)23(36)34-5-3-20-16(11-34)7-17(10-30-20)26(27,28)29/h7,10,18-19,21-22,32H,3-6,8-9,11-14H2,1-2H3/t18-,19+,21?,22?,25-/m0/s1. The van der Waals surface area contributed by atoms with E-state index in [-0.39, 0.29) is 36.6 Å². The van der Waals surface area contributed by atoms with Crippen molar-refractivity contribution < 1.29 is 32.0 Å². The van der Waals surface area contributed by atoms with Crippen LogP contribution in [0.25, 0.3) is 0 Å². The SMILES string of the molecule is COC1COCCC1N[C@@H]1C[C@H]2CN(c3nc(C)no3)C[C@@]2(C(=O)N2CCc3ncc(C(F)(F)F)cc3C2)C1. The number of nitrogens with zero attached hydrogens (tertiary/aromatic N) is 5. The number of hydrogen-bond donors (Lipinski definition) is 1. The maximum Gasteiger partial charge on any atom is 0.417 e. The smallest absolute Gasteiger partial charge is 0.379 e. The van der Waals surface area contributed by atoms with Gasteiger partial charge in [0.15, 0.2) is 5.82 Å². The van der Waals surface area contributed by atoms with Crippen molar-refractivity contribution in [2.75, 3.05) is 44.9 Å². The van der Waals surface area contributed by atoms with E-state index in [1.165, 1.54) is 0 Å². The molecule has 1 saturated carbocycles. The number of pyridine rings is 1. The molecule has 212 valence electrons. The number of carbonyl (C=O) groups excluding carboxylic acids is 1. The first-order valence-electron chi connectivity index (χ1n) is 13.4. The minimum atomic E-state index is -4.49. The van der Waals surface area contributed by atoms with Gasteiger partial charge in [0.25, 0.3) is 0 Å². The molecule has 1 aliphatic carbocycles. The molecule has 3 aliphatic heterocycles. The largest absolute Gasteiger partial charge is 0.417 e. The summed E-state index contributed by atoms with van der Waals surface area (Å²) in [6, 6.07) is 1.75. The average molecular weight is 551 g/mol. The zero-order valence-corrected chi connectivity index (χ0v) is 22.0. The van der Waals surface area contributed by atoms with Gasteiger partial charge in [-0.1, -0.05) is 5.16 Å². The summed E-state index contributed by atoms with van der Waals surface area (Å²) in [6.45, 7) is 4.48. The number of methoxy groups -OCH3 is 1. The third-order valence-corrected chi connectivity index (χ3v) is 8.80. The number of ether oxygens (including phenoxy) is 2. The van der Waals surface area contributed by atoms with E-state index in [0.29, 0.717) is 68.8 Å². The van der Waals surface area contributed by atoms with E-state index >= 15 is 0 Å². The number of amides is 1. The van der Waals surface area contributed by atoms with Crippen LogP contribution in [0.1, 0.15) is 41.9 Å². The number of anilines is 1. The first-order valence-corrected chi connectivity index (χ1v) is 13.4. The fraction of sp³-hybridized carbons (Fsp3) is 0.692. The summed E-state index contributed by atoms with van der Waals surface area (Å²) in [4.78, 5) is 26.5. The molecular formula is C26H33F3N6O4. The summed E-state index contributed by atoms with van der Waals surface area (Å²) < 4.78 is 56.7. The lowest BCUT2D eigenvalue weighted by Crippen LogP contribution is -2.52. The van der Waals surface area contributed by atoms with Crippen molar-refractivity contribution in [3.05, 3.63) is 34.9 Å². The highest BCUT2D eigenvalue weighted by Crippen LogP contribution is 2.51. The number of aryl methyl sites for hydroxylation is 1. The van der Waals surface area contributed by atoms with Crippen LogP contribution in [-0.2, 0) is 33.4 Å². The maximum atomic E-state index is 14.4. The Morgan fingerprint density at radius 2 is 2.18 bits per heavy atom. The molecule has 39 heavy (non-hydrogen) atoms. The lowest BCUT2D eigenvalue weighted by atomic mass is 9.78. The fourth-order valence-electron chi connectivity index (χ4n) is 6.90. The van der Waals surface area contributed by atoms with Crippen LogP contribution in [0.15, 0.2) is 16.8 Å². The molecule has 3 fully saturated rings. The molecule has 5 heterocycles. The second kappa shape index (κ2) is 10.0. The van der Waals surface area contributed by atoms with Crippen LogP contribution in [0.2, 0.25) is 0 Å². The Labute approximate surface area is 224 Å². The molecule has 2 aromatic rings. The van der Waals surface area contributed by atoms with Gasteiger partial charge in [0.05, 0.1) is 23.7 Å². The summed E-state index contributed by atoms with van der Waals surface area (Å²) in [5, 5.41) is 7.66. The van der Waals surface area contributed by atoms with Crippen molar-refractivity contribution in [3.8, 4) is 0 Å². The third kappa shape index (κ3) is 4.89. The van der Waals surface area contributed by atoms with Crippen molar-refractivity contribution >= 4 is 11.9 Å². The molecule has 5 atom stereocenters. The predicted molar refractivity (Wildman–Crippen MR) is 132 cm³/mol. The lowest BCUT2D eigenvalue weighted by Gasteiger charge is -2.37. The summed E-state index contributed by atoms with van der Waals surface area (Å²) in [5.41, 5.74) is -0.441. The van der Waals surface area contributed by atoms with Gasteiger partial charge in [-0.25, -0.2) is 0 Å². The quantitative estimate of drug-likeness (QED) is 0.601. The number of carbonyl (C=O) groups is 1. The van der Waals surface area contributed by atoms with E-state index in [9.17, 15) is 18.0 Å². The molecule has 0 aromatic carbocycles. The Hall–Kier alpha value is -2.77. The first kappa shape index (κ1) is 26.5. The number of hydrogen-bond acceptors (Lipinski definition) is 9. The summed E-state index contributed by atoms with van der Waals surface area (Å²) in [6.07, 6.45) is -1.02. The normalized spacial score (nSPS) is 30.9. The minimum Gasteiger partial charge on any atom is -0.379 e. The minimum absolute atomic E-state index is 0.0246. The summed E-state index contributed by atoms with van der Waals surface area (Å²) >= 11 is 0. The highest BCUT2D eigenvalue weighted by atomic mass is 19.4. The van der Waals surface area contributed by atoms with Crippen LogP contribution >= 0.6 is 0 Å². The first-order chi connectivity index (χ1) is 18.7. The van der Waals surface area contributed by atoms with Gasteiger partial charge in [-0.2, -0.15) is 18.2 Å². The van der Waals surface area contributed by atoms with Gasteiger partial charge in [-0.3, -0.25) is 9.78 Å². The van der Waals surface area contributed by atoms with Crippen LogP contribution in [0.5, 0.6) is 0 Å². The summed E-state index contributed by atoms with van der Waals surface area (Å²) in [5.74, 6) is 0.512. The number of nitrogens with one attached hydrogen (secondary N) is 1. The zero-order valence-electron chi connectivity index (χ0n) is 22.0. The molecule has 0 spiro atoms. The Morgan fingerprint density at radius 1 is 1.33 bits per heavy atom. The van der Waals surface area contributed by atoms with Crippen LogP contribution < -0.4 is 10.2 Å². The molecule has 0 radical (unpaired) electrons. The van der Waals surface area contributed by atoms with Gasteiger partial charge < -0.3 is 29.1 Å². The number of halogens is 3. The van der Waals surface area contributed by atoms with E-state index in [1.807, 2.05) is 4.90 Å². The Bertz CT molecular complexity index is 1220. The second-order valence-electron chi connectivity index (χ2n) is 11.2. The fourth-order valence-corrected chi connectivity index (χ4v) is 6.90. The zero-order chi connectivity index (χ0) is 27.4. The molecular weight excluding hydrogens is 517 g/mol. The molecule has 1 N–H and O–H groups in total. The van der Waals surface area contributed by atoms with Crippen LogP contribution in [0.3, 0.4) is 0 Å². The molecule has 2 saturated heterocycles. The van der Waals surface area contributed by atoms with Crippen molar-refractivity contribution in [1.29, 1.82) is 0 Å². The molecule has 2 unspecified atom stereocenters. The number of fused-ring (bicyclic) bond motifs is 2. The van der Waals surface area contributed by atoms with Gasteiger partial charge in [0.2, 0.25) is 5.91 Å². The number of aromatic nitrogens is 3. The summed E-state index contributed by atoms with van der Waals surface area (Å²) in [7, 11) is 1.68. The second-order valence-corrected chi connectivity index (χ2v) is 11.2. The van der Waals surface area contributed by atoms with E-state index in [2.05, 4.69) is 20.4 Å². The van der Waals surface area contributed by atoms with Gasteiger partial charge in [0.1, 0.15) is 0 Å². The monoisotopic (exact) mass is 550 g/mol. The van der Waals surface area contributed by atoms with Crippen molar-refractivity contribution in [2.45, 2.75) is 63.5 Å². The van der Waals surface area contributed by atoms with E-state index in [1.54, 1.807) is 18.9 Å². The predicted octanol–water partition coefficient (Wildman–Crippen LogP) is 2.36. The topological polar surface area (TPSA) is 106 Å². The van der Waals surface area contributed by atoms with Crippen LogP contribution in [0.4, 0.5) is 19.2 Å². The molecule has 0 bridgehead atoms. The molecule has 4 aliphatic rings. The van der Waals surface area contributed by atoms with Gasteiger partial charge in [-0.15, -0.1) is 0 Å². The third-order valence-electron chi connectivity index (χ3n) is 8.80. The van der Waals surface area contributed by atoms with E-state index in [0.717, 1.165) is 25.1 Å². The number of alkyl halides is 3. The van der Waals surface area contributed by atoms with Crippen LogP contribution in [-0.4, -0.2) is 84.1 Å². The molecule has 13 heteroatoms. The highest BCUT2D eigenvalue weighted by Gasteiger charge is 2.59. The Balaban J connectivity index is 1.25. The van der Waals surface area contributed by atoms with Crippen molar-refractivity contribution in [1.82, 2.24) is 25.3 Å². The molecule has 6 rings (SSSR count). The van der Waals surface area contributed by atoms with Gasteiger partial charge in [-0.05, 0) is 43.7 Å². The lowest BCUT2D eigenvalue weighted by molar-refractivity contribution is -0.143. The Morgan fingerprint density at radius 3 is 2.92 bits per heavy atom. The molecule has 10 nitrogen and oxygen atoms in total. The highest BCUT2D eigenvalue weighted by molar-refractivity contribution is 5.85. The average Bonchev–Trinajstić information content (AvgIpc) is 3.60. The van der Waals surface area contributed by atoms with Gasteiger partial charge in [0, 0.05) is 70.3 Å². The van der Waals surface area contributed by atoms with E-state index in [4.69, 9.17) is 14.0 Å². The molecule has 2 aromatic heterocycles. The molecule has 1 amide bonds. The van der Waals surface area contributed by atoms with Crippen molar-refractivity contribution in [3.63, 3.8) is 0 Å². The Kier molecular flexibility index (Phi) is 6.79.